The fourth-order valence-corrected chi connectivity index (χ4v) is 10.7. The van der Waals surface area contributed by atoms with Crippen LogP contribution in [0.1, 0.15) is 118 Å². The highest BCUT2D eigenvalue weighted by Gasteiger charge is 2.38. The zero-order chi connectivity index (χ0) is 36.0. The van der Waals surface area contributed by atoms with Gasteiger partial charge in [0.15, 0.2) is 0 Å². The summed E-state index contributed by atoms with van der Waals surface area (Å²) in [5, 5.41) is 2.10. The molecule has 4 aromatic rings. The van der Waals surface area contributed by atoms with Crippen LogP contribution in [0.25, 0.3) is 0 Å². The van der Waals surface area contributed by atoms with Crippen molar-refractivity contribution in [3.05, 3.63) is 91.0 Å². The van der Waals surface area contributed by atoms with Crippen molar-refractivity contribution in [2.24, 2.45) is 0 Å². The van der Waals surface area contributed by atoms with Crippen molar-refractivity contribution in [1.82, 2.24) is 0 Å². The first-order valence-electron chi connectivity index (χ1n) is 17.4. The maximum absolute atomic E-state index is 6.53. The Morgan fingerprint density at radius 1 is 0.346 bits per heavy atom. The van der Waals surface area contributed by atoms with Crippen molar-refractivity contribution in [3.8, 4) is 46.0 Å². The lowest BCUT2D eigenvalue weighted by Gasteiger charge is -2.35. The Morgan fingerprint density at radius 3 is 0.635 bits per heavy atom. The van der Waals surface area contributed by atoms with Gasteiger partial charge in [-0.15, -0.1) is 0 Å². The summed E-state index contributed by atoms with van der Waals surface area (Å²) in [7, 11) is 0. The van der Waals surface area contributed by atoms with Gasteiger partial charge in [-0.05, 0) is 24.3 Å². The van der Waals surface area contributed by atoms with Gasteiger partial charge in [-0.1, -0.05) is 91.4 Å². The van der Waals surface area contributed by atoms with E-state index >= 15 is 0 Å². The van der Waals surface area contributed by atoms with Crippen molar-refractivity contribution in [1.29, 1.82) is 0 Å². The van der Waals surface area contributed by atoms with Crippen LogP contribution >= 0.6 is 63.7 Å². The highest BCUT2D eigenvalue weighted by atomic mass is 79.9. The Labute approximate surface area is 336 Å². The fraction of sp³-hybridized carbons (Fsp3) is 0.400. The molecule has 0 aromatic heterocycles. The molecule has 0 radical (unpaired) electrons. The molecule has 4 aliphatic heterocycles. The predicted octanol–water partition coefficient (Wildman–Crippen LogP) is 11.1. The van der Waals surface area contributed by atoms with Crippen molar-refractivity contribution in [2.45, 2.75) is 72.7 Å². The number of rotatable bonds is 4. The average Bonchev–Trinajstić information content (AvgIpc) is 3.14. The van der Waals surface area contributed by atoms with E-state index in [1.807, 2.05) is 0 Å². The highest BCUT2D eigenvalue weighted by Crippen LogP contribution is 2.56. The third kappa shape index (κ3) is 5.05. The summed E-state index contributed by atoms with van der Waals surface area (Å²) in [6, 6.07) is 9.11. The van der Waals surface area contributed by atoms with Crippen molar-refractivity contribution < 1.29 is 37.9 Å². The molecule has 0 saturated carbocycles. The van der Waals surface area contributed by atoms with Crippen LogP contribution in [0, 0.1) is 0 Å². The number of hydrogen-bond acceptors (Lipinski definition) is 8. The lowest BCUT2D eigenvalue weighted by molar-refractivity contribution is 0.0961. The third-order valence-electron chi connectivity index (χ3n) is 11.4. The first-order chi connectivity index (χ1) is 25.3. The number of halogens is 4. The summed E-state index contributed by atoms with van der Waals surface area (Å²) in [6.07, 6.45) is 0. The summed E-state index contributed by atoms with van der Waals surface area (Å²) in [5.41, 5.74) is 12.3. The van der Waals surface area contributed by atoms with Gasteiger partial charge in [0.2, 0.25) is 27.2 Å². The lowest BCUT2D eigenvalue weighted by Crippen LogP contribution is -2.23. The minimum absolute atomic E-state index is 0.0213. The number of ether oxygens (including phenoxy) is 8. The van der Waals surface area contributed by atoms with Gasteiger partial charge in [0.25, 0.3) is 0 Å². The number of hydrogen-bond donors (Lipinski definition) is 0. The second kappa shape index (κ2) is 13.5. The smallest absolute Gasteiger partial charge is 0.230 e. The minimum Gasteiger partial charge on any atom is -0.457 e. The van der Waals surface area contributed by atoms with Crippen LogP contribution in [-0.2, 0) is 21.3 Å². The summed E-state index contributed by atoms with van der Waals surface area (Å²) in [5.74, 6) is 5.68. The van der Waals surface area contributed by atoms with Gasteiger partial charge in [-0.2, -0.15) is 0 Å². The Hall–Kier alpha value is -2.80. The van der Waals surface area contributed by atoms with E-state index in [1.54, 1.807) is 0 Å². The maximum Gasteiger partial charge on any atom is 0.230 e. The lowest BCUT2D eigenvalue weighted by atomic mass is 9.78. The molecule has 52 heavy (non-hydrogen) atoms. The Bertz CT molecular complexity index is 1730. The van der Waals surface area contributed by atoms with Gasteiger partial charge in [0, 0.05) is 112 Å². The first kappa shape index (κ1) is 34.9. The van der Waals surface area contributed by atoms with E-state index in [9.17, 15) is 0 Å². The van der Waals surface area contributed by atoms with E-state index in [-0.39, 0.29) is 50.8 Å². The molecule has 0 unspecified atom stereocenters. The maximum atomic E-state index is 6.53. The molecule has 4 heterocycles. The molecule has 0 N–H and O–H groups in total. The fourth-order valence-electron chi connectivity index (χ4n) is 8.68. The predicted molar refractivity (Wildman–Crippen MR) is 211 cm³/mol. The summed E-state index contributed by atoms with van der Waals surface area (Å²) in [4.78, 5) is 0. The molecule has 0 atom stereocenters. The zero-order valence-corrected chi connectivity index (χ0v) is 35.4. The zero-order valence-electron chi connectivity index (χ0n) is 29.1. The van der Waals surface area contributed by atoms with E-state index < -0.39 is 0 Å². The molecule has 0 spiro atoms. The van der Waals surface area contributed by atoms with Gasteiger partial charge < -0.3 is 37.9 Å². The first-order valence-corrected chi connectivity index (χ1v) is 21.8. The molecule has 0 amide bonds. The van der Waals surface area contributed by atoms with E-state index in [1.165, 1.54) is 0 Å². The molecule has 4 aromatic carbocycles. The molecule has 1 aliphatic carbocycles. The largest absolute Gasteiger partial charge is 0.457 e. The number of alkyl halides is 4. The van der Waals surface area contributed by atoms with E-state index in [2.05, 4.69) is 116 Å². The van der Waals surface area contributed by atoms with Crippen LogP contribution in [0.5, 0.6) is 46.0 Å². The van der Waals surface area contributed by atoms with E-state index in [0.29, 0.717) is 21.3 Å². The van der Waals surface area contributed by atoms with Gasteiger partial charge in [0.1, 0.15) is 46.0 Å². The summed E-state index contributed by atoms with van der Waals surface area (Å²) in [6.45, 7) is 9.00. The molecule has 5 aliphatic rings. The Balaban J connectivity index is 1.45. The minimum atomic E-state index is -0.106. The molecule has 272 valence electrons. The van der Waals surface area contributed by atoms with Crippen LogP contribution in [-0.4, -0.2) is 27.2 Å². The molecule has 8 nitrogen and oxygen atoms in total. The SMILES string of the molecule is CC1c2cc3c4c(CBr)c2OCOc2c1cc1c(c2CBr)OCOc2c(cc5c(c2CBr)OCOc2c(cc(c(c2CBr)OCO4)C3C)C5C)C1C. The van der Waals surface area contributed by atoms with Crippen molar-refractivity contribution >= 4 is 63.7 Å². The molecule has 8 bridgehead atoms. The number of benzene rings is 4. The monoisotopic (exact) mass is 960 g/mol. The standard InChI is InChI=1S/C40H36Br4O8/c1-17-21-5-23-18(2)25-7-27-20(4)28-8-26-19(3)24-6-22(17)34-30(10-42)36(24)48-15-50-38(26)32(12-44)40(28)52-16-51-39(27)31(11-43)37(25)49-14-47-35(23)29(9-41)33(21)45-13-46-34/h5-8,17-20H,9-16H2,1-4H3. The molecule has 0 saturated heterocycles. The van der Waals surface area contributed by atoms with Crippen LogP contribution < -0.4 is 37.9 Å². The van der Waals surface area contributed by atoms with Crippen LogP contribution in [0.3, 0.4) is 0 Å². The van der Waals surface area contributed by atoms with E-state index in [4.69, 9.17) is 37.9 Å². The van der Waals surface area contributed by atoms with E-state index in [0.717, 1.165) is 113 Å². The summed E-state index contributed by atoms with van der Waals surface area (Å²) >= 11 is 15.2. The third-order valence-corrected chi connectivity index (χ3v) is 13.7. The van der Waals surface area contributed by atoms with Gasteiger partial charge in [0.05, 0.1) is 0 Å². The second-order valence-corrected chi connectivity index (χ2v) is 16.1. The Kier molecular flexibility index (Phi) is 9.07. The molecule has 9 rings (SSSR count). The van der Waals surface area contributed by atoms with Gasteiger partial charge in [-0.3, -0.25) is 0 Å². The average molecular weight is 964 g/mol. The normalized spacial score (nSPS) is 21.5. The summed E-state index contributed by atoms with van der Waals surface area (Å²) < 4.78 is 52.3. The van der Waals surface area contributed by atoms with Crippen LogP contribution in [0.2, 0.25) is 0 Å². The van der Waals surface area contributed by atoms with Gasteiger partial charge in [-0.25, -0.2) is 0 Å². The van der Waals surface area contributed by atoms with Crippen molar-refractivity contribution in [2.75, 3.05) is 27.2 Å². The molecule has 0 fully saturated rings. The topological polar surface area (TPSA) is 73.8 Å². The molecular formula is C40H36Br4O8. The molecule has 12 heteroatoms. The highest BCUT2D eigenvalue weighted by molar-refractivity contribution is 9.09. The Morgan fingerprint density at radius 2 is 0.500 bits per heavy atom. The quantitative estimate of drug-likeness (QED) is 0.187. The van der Waals surface area contributed by atoms with Crippen LogP contribution in [0.4, 0.5) is 0 Å². The van der Waals surface area contributed by atoms with Crippen LogP contribution in [0.15, 0.2) is 24.3 Å². The van der Waals surface area contributed by atoms with Gasteiger partial charge >= 0.3 is 0 Å². The second-order valence-electron chi connectivity index (χ2n) is 13.8. The molecular weight excluding hydrogens is 928 g/mol. The van der Waals surface area contributed by atoms with Crippen molar-refractivity contribution in [3.63, 3.8) is 0 Å².